The maximum Gasteiger partial charge on any atom is 0.225 e. The fourth-order valence-corrected chi connectivity index (χ4v) is 1.53. The van der Waals surface area contributed by atoms with E-state index in [0.29, 0.717) is 18.8 Å². The SMILES string of the molecule is CC(=O)NCCCCCC(=O)Nc1[nH]ncc1C. The second kappa shape index (κ2) is 7.47. The number of nitrogens with one attached hydrogen (secondary N) is 3. The molecule has 6 heteroatoms. The first-order valence-corrected chi connectivity index (χ1v) is 6.14. The Labute approximate surface area is 107 Å². The molecule has 0 spiro atoms. The molecule has 1 aromatic rings. The van der Waals surface area contributed by atoms with Crippen molar-refractivity contribution in [3.63, 3.8) is 0 Å². The number of H-pyrrole nitrogens is 1. The standard InChI is InChI=1S/C12H20N4O2/c1-9-8-14-16-12(9)15-11(18)6-4-3-5-7-13-10(2)17/h8H,3-7H2,1-2H3,(H,13,17)(H2,14,15,16,18). The van der Waals surface area contributed by atoms with Crippen molar-refractivity contribution in [2.45, 2.75) is 39.5 Å². The van der Waals surface area contributed by atoms with Crippen molar-refractivity contribution in [3.8, 4) is 0 Å². The van der Waals surface area contributed by atoms with Gasteiger partial charge in [0, 0.05) is 25.5 Å². The smallest absolute Gasteiger partial charge is 0.225 e. The van der Waals surface area contributed by atoms with Crippen LogP contribution >= 0.6 is 0 Å². The maximum absolute atomic E-state index is 11.6. The highest BCUT2D eigenvalue weighted by Crippen LogP contribution is 2.09. The molecule has 0 aliphatic heterocycles. The normalized spacial score (nSPS) is 10.1. The van der Waals surface area contributed by atoms with Crippen molar-refractivity contribution < 1.29 is 9.59 Å². The molecule has 18 heavy (non-hydrogen) atoms. The summed E-state index contributed by atoms with van der Waals surface area (Å²) in [7, 11) is 0. The number of carbonyl (C=O) groups is 2. The minimum atomic E-state index is -0.0122. The third-order valence-electron chi connectivity index (χ3n) is 2.55. The van der Waals surface area contributed by atoms with E-state index >= 15 is 0 Å². The topological polar surface area (TPSA) is 86.9 Å². The van der Waals surface area contributed by atoms with E-state index in [4.69, 9.17) is 0 Å². The van der Waals surface area contributed by atoms with Crippen LogP contribution < -0.4 is 10.6 Å². The first-order chi connectivity index (χ1) is 8.59. The lowest BCUT2D eigenvalue weighted by Gasteiger charge is -2.04. The van der Waals surface area contributed by atoms with Crippen LogP contribution in [-0.2, 0) is 9.59 Å². The van der Waals surface area contributed by atoms with Gasteiger partial charge in [-0.3, -0.25) is 14.7 Å². The number of unbranched alkanes of at least 4 members (excludes halogenated alkanes) is 2. The molecular formula is C12H20N4O2. The van der Waals surface area contributed by atoms with Crippen LogP contribution in [0.2, 0.25) is 0 Å². The van der Waals surface area contributed by atoms with Crippen LogP contribution in [0.15, 0.2) is 6.20 Å². The summed E-state index contributed by atoms with van der Waals surface area (Å²) in [5.41, 5.74) is 0.925. The third kappa shape index (κ3) is 5.47. The largest absolute Gasteiger partial charge is 0.356 e. The summed E-state index contributed by atoms with van der Waals surface area (Å²) < 4.78 is 0. The van der Waals surface area contributed by atoms with Gasteiger partial charge >= 0.3 is 0 Å². The fraction of sp³-hybridized carbons (Fsp3) is 0.583. The van der Waals surface area contributed by atoms with Gasteiger partial charge in [0.1, 0.15) is 5.82 Å². The van der Waals surface area contributed by atoms with Gasteiger partial charge in [0.15, 0.2) is 0 Å². The van der Waals surface area contributed by atoms with Gasteiger partial charge in [-0.2, -0.15) is 5.10 Å². The first-order valence-electron chi connectivity index (χ1n) is 6.14. The molecule has 100 valence electrons. The van der Waals surface area contributed by atoms with Gasteiger partial charge < -0.3 is 10.6 Å². The predicted molar refractivity (Wildman–Crippen MR) is 69.1 cm³/mol. The molecular weight excluding hydrogens is 232 g/mol. The van der Waals surface area contributed by atoms with Crippen LogP contribution in [0.3, 0.4) is 0 Å². The van der Waals surface area contributed by atoms with E-state index in [0.717, 1.165) is 24.8 Å². The molecule has 1 aromatic heterocycles. The Morgan fingerprint density at radius 2 is 2.11 bits per heavy atom. The van der Waals surface area contributed by atoms with Gasteiger partial charge in [-0.25, -0.2) is 0 Å². The van der Waals surface area contributed by atoms with Crippen molar-refractivity contribution in [2.24, 2.45) is 0 Å². The molecule has 0 aliphatic rings. The summed E-state index contributed by atoms with van der Waals surface area (Å²) >= 11 is 0. The number of hydrogen-bond acceptors (Lipinski definition) is 3. The van der Waals surface area contributed by atoms with E-state index in [9.17, 15) is 9.59 Å². The minimum Gasteiger partial charge on any atom is -0.356 e. The molecule has 0 aliphatic carbocycles. The van der Waals surface area contributed by atoms with E-state index in [1.165, 1.54) is 6.92 Å². The average molecular weight is 252 g/mol. The van der Waals surface area contributed by atoms with Crippen LogP contribution in [0.1, 0.15) is 38.2 Å². The van der Waals surface area contributed by atoms with Crippen molar-refractivity contribution >= 4 is 17.6 Å². The van der Waals surface area contributed by atoms with Crippen LogP contribution in [0, 0.1) is 6.92 Å². The van der Waals surface area contributed by atoms with E-state index in [1.807, 2.05) is 6.92 Å². The highest BCUT2D eigenvalue weighted by atomic mass is 16.2. The molecule has 1 rings (SSSR count). The Morgan fingerprint density at radius 1 is 1.33 bits per heavy atom. The zero-order valence-electron chi connectivity index (χ0n) is 10.9. The Morgan fingerprint density at radius 3 is 2.72 bits per heavy atom. The molecule has 0 bridgehead atoms. The summed E-state index contributed by atoms with van der Waals surface area (Å²) in [6.45, 7) is 4.06. The highest BCUT2D eigenvalue weighted by Gasteiger charge is 2.05. The number of aromatic amines is 1. The molecule has 0 unspecified atom stereocenters. The fourth-order valence-electron chi connectivity index (χ4n) is 1.53. The molecule has 6 nitrogen and oxygen atoms in total. The summed E-state index contributed by atoms with van der Waals surface area (Å²) in [6.07, 6.45) is 4.80. The molecule has 0 atom stereocenters. The predicted octanol–water partition coefficient (Wildman–Crippen LogP) is 1.35. The zero-order chi connectivity index (χ0) is 13.4. The third-order valence-corrected chi connectivity index (χ3v) is 2.55. The molecule has 2 amide bonds. The number of aromatic nitrogens is 2. The Kier molecular flexibility index (Phi) is 5.90. The number of rotatable bonds is 7. The number of amides is 2. The van der Waals surface area contributed by atoms with E-state index < -0.39 is 0 Å². The Balaban J connectivity index is 2.07. The quantitative estimate of drug-likeness (QED) is 0.640. The molecule has 0 radical (unpaired) electrons. The van der Waals surface area contributed by atoms with Gasteiger partial charge in [0.25, 0.3) is 0 Å². The molecule has 1 heterocycles. The van der Waals surface area contributed by atoms with Gasteiger partial charge in [-0.1, -0.05) is 6.42 Å². The Bertz CT molecular complexity index is 401. The molecule has 3 N–H and O–H groups in total. The highest BCUT2D eigenvalue weighted by molar-refractivity contribution is 5.90. The van der Waals surface area contributed by atoms with Crippen molar-refractivity contribution in [3.05, 3.63) is 11.8 Å². The average Bonchev–Trinajstić information content (AvgIpc) is 2.69. The number of carbonyl (C=O) groups excluding carboxylic acids is 2. The summed E-state index contributed by atoms with van der Waals surface area (Å²) in [6, 6.07) is 0. The van der Waals surface area contributed by atoms with E-state index in [2.05, 4.69) is 20.8 Å². The molecule has 0 fully saturated rings. The van der Waals surface area contributed by atoms with Crippen molar-refractivity contribution in [1.29, 1.82) is 0 Å². The van der Waals surface area contributed by atoms with Gasteiger partial charge in [-0.05, 0) is 19.8 Å². The van der Waals surface area contributed by atoms with E-state index in [1.54, 1.807) is 6.20 Å². The van der Waals surface area contributed by atoms with Crippen LogP contribution in [0.4, 0.5) is 5.82 Å². The summed E-state index contributed by atoms with van der Waals surface area (Å²) in [4.78, 5) is 22.2. The Hall–Kier alpha value is -1.85. The van der Waals surface area contributed by atoms with E-state index in [-0.39, 0.29) is 11.8 Å². The van der Waals surface area contributed by atoms with Crippen LogP contribution in [0.25, 0.3) is 0 Å². The minimum absolute atomic E-state index is 0.0116. The first kappa shape index (κ1) is 14.2. The molecule has 0 saturated heterocycles. The van der Waals surface area contributed by atoms with Crippen LogP contribution in [0.5, 0.6) is 0 Å². The molecule has 0 aromatic carbocycles. The number of nitrogens with zero attached hydrogens (tertiary/aromatic N) is 1. The lowest BCUT2D eigenvalue weighted by Crippen LogP contribution is -2.20. The summed E-state index contributed by atoms with van der Waals surface area (Å²) in [5.74, 6) is 0.641. The number of anilines is 1. The van der Waals surface area contributed by atoms with Gasteiger partial charge in [0.2, 0.25) is 11.8 Å². The number of hydrogen-bond donors (Lipinski definition) is 3. The van der Waals surface area contributed by atoms with Crippen LogP contribution in [-0.4, -0.2) is 28.6 Å². The monoisotopic (exact) mass is 252 g/mol. The van der Waals surface area contributed by atoms with Gasteiger partial charge in [-0.15, -0.1) is 0 Å². The molecule has 0 saturated carbocycles. The maximum atomic E-state index is 11.6. The lowest BCUT2D eigenvalue weighted by molar-refractivity contribution is -0.119. The van der Waals surface area contributed by atoms with Crippen molar-refractivity contribution in [2.75, 3.05) is 11.9 Å². The number of aryl methyl sites for hydroxylation is 1. The summed E-state index contributed by atoms with van der Waals surface area (Å²) in [5, 5.41) is 12.1. The zero-order valence-corrected chi connectivity index (χ0v) is 10.9. The van der Waals surface area contributed by atoms with Crippen molar-refractivity contribution in [1.82, 2.24) is 15.5 Å². The van der Waals surface area contributed by atoms with Gasteiger partial charge in [0.05, 0.1) is 6.20 Å². The second-order valence-corrected chi connectivity index (χ2v) is 4.27. The lowest BCUT2D eigenvalue weighted by atomic mass is 10.2. The second-order valence-electron chi connectivity index (χ2n) is 4.27.